The van der Waals surface area contributed by atoms with E-state index in [-0.39, 0.29) is 32.0 Å². The van der Waals surface area contributed by atoms with Crippen LogP contribution >= 0.6 is 0 Å². The SMILES string of the molecule is COC(=O)CCc1c(CN=[N+]=[N-])c(C)c(CN=[N+]=[N-])c(C)c1CN=[N+]=[N-]. The van der Waals surface area contributed by atoms with E-state index in [0.29, 0.717) is 6.42 Å². The van der Waals surface area contributed by atoms with Crippen molar-refractivity contribution in [2.45, 2.75) is 46.3 Å². The number of ether oxygens (including phenoxy) is 1. The topological polar surface area (TPSA) is 173 Å². The average Bonchev–Trinajstić information content (AvgIpc) is 2.64. The summed E-state index contributed by atoms with van der Waals surface area (Å²) in [6, 6.07) is 0. The van der Waals surface area contributed by atoms with Crippen molar-refractivity contribution in [3.63, 3.8) is 0 Å². The third-order valence-corrected chi connectivity index (χ3v) is 4.22. The van der Waals surface area contributed by atoms with Crippen LogP contribution in [-0.4, -0.2) is 13.1 Å². The quantitative estimate of drug-likeness (QED) is 0.266. The van der Waals surface area contributed by atoms with Gasteiger partial charge in [-0.15, -0.1) is 0 Å². The molecule has 11 heteroatoms. The fourth-order valence-corrected chi connectivity index (χ4v) is 2.88. The summed E-state index contributed by atoms with van der Waals surface area (Å²) < 4.78 is 4.69. The van der Waals surface area contributed by atoms with Gasteiger partial charge in [-0.3, -0.25) is 4.79 Å². The lowest BCUT2D eigenvalue weighted by molar-refractivity contribution is -0.140. The Labute approximate surface area is 149 Å². The minimum Gasteiger partial charge on any atom is -0.469 e. The van der Waals surface area contributed by atoms with Crippen LogP contribution in [0.3, 0.4) is 0 Å². The number of hydrogen-bond donors (Lipinski definition) is 0. The van der Waals surface area contributed by atoms with Gasteiger partial charge in [0.1, 0.15) is 0 Å². The largest absolute Gasteiger partial charge is 0.469 e. The molecule has 0 saturated heterocycles. The van der Waals surface area contributed by atoms with Crippen molar-refractivity contribution >= 4 is 5.97 Å². The number of esters is 1. The van der Waals surface area contributed by atoms with Gasteiger partial charge in [0.25, 0.3) is 0 Å². The van der Waals surface area contributed by atoms with Gasteiger partial charge in [0.2, 0.25) is 0 Å². The molecule has 0 aliphatic rings. The zero-order chi connectivity index (χ0) is 19.5. The molecule has 1 aromatic rings. The summed E-state index contributed by atoms with van der Waals surface area (Å²) in [4.78, 5) is 20.0. The number of methoxy groups -OCH3 is 1. The fourth-order valence-electron chi connectivity index (χ4n) is 2.88. The van der Waals surface area contributed by atoms with Crippen LogP contribution in [0.5, 0.6) is 0 Å². The standard InChI is InChI=1S/C15H19N9O2/c1-9-12(6-19-22-16)10(2)14(8-21-24-18)11(4-5-15(25)26-3)13(9)7-20-23-17/h4-8H2,1-3H3. The lowest BCUT2D eigenvalue weighted by atomic mass is 9.85. The van der Waals surface area contributed by atoms with Gasteiger partial charge < -0.3 is 4.74 Å². The van der Waals surface area contributed by atoms with Crippen molar-refractivity contribution in [3.8, 4) is 0 Å². The summed E-state index contributed by atoms with van der Waals surface area (Å²) in [5, 5.41) is 10.9. The molecule has 0 spiro atoms. The van der Waals surface area contributed by atoms with E-state index in [1.54, 1.807) is 0 Å². The van der Waals surface area contributed by atoms with Gasteiger partial charge in [-0.05, 0) is 70.2 Å². The number of nitrogens with zero attached hydrogens (tertiary/aromatic N) is 9. The molecule has 0 aliphatic heterocycles. The number of azide groups is 3. The summed E-state index contributed by atoms with van der Waals surface area (Å²) in [5.41, 5.74) is 30.7. The Bertz CT molecular complexity index is 783. The second kappa shape index (κ2) is 10.5. The second-order valence-electron chi connectivity index (χ2n) is 5.41. The van der Waals surface area contributed by atoms with Crippen LogP contribution in [0, 0.1) is 13.8 Å². The number of hydrogen-bond acceptors (Lipinski definition) is 5. The molecule has 0 amide bonds. The molecule has 0 heterocycles. The van der Waals surface area contributed by atoms with Gasteiger partial charge in [0.15, 0.2) is 0 Å². The van der Waals surface area contributed by atoms with E-state index in [0.717, 1.165) is 33.4 Å². The van der Waals surface area contributed by atoms with Crippen LogP contribution in [0.15, 0.2) is 15.3 Å². The lowest BCUT2D eigenvalue weighted by Crippen LogP contribution is -2.11. The van der Waals surface area contributed by atoms with Gasteiger partial charge in [0, 0.05) is 21.2 Å². The normalized spacial score (nSPS) is 9.50. The molecule has 0 radical (unpaired) electrons. The summed E-state index contributed by atoms with van der Waals surface area (Å²) >= 11 is 0. The van der Waals surface area contributed by atoms with E-state index in [1.165, 1.54) is 7.11 Å². The van der Waals surface area contributed by atoms with Gasteiger partial charge in [-0.1, -0.05) is 15.3 Å². The van der Waals surface area contributed by atoms with Gasteiger partial charge in [-0.25, -0.2) is 0 Å². The first-order valence-corrected chi connectivity index (χ1v) is 7.73. The Morgan fingerprint density at radius 3 is 1.65 bits per heavy atom. The van der Waals surface area contributed by atoms with E-state index >= 15 is 0 Å². The van der Waals surface area contributed by atoms with Crippen LogP contribution in [0.1, 0.15) is 39.8 Å². The molecule has 26 heavy (non-hydrogen) atoms. The van der Waals surface area contributed by atoms with Crippen molar-refractivity contribution in [3.05, 3.63) is 64.7 Å². The van der Waals surface area contributed by atoms with Gasteiger partial charge >= 0.3 is 5.97 Å². The number of benzene rings is 1. The smallest absolute Gasteiger partial charge is 0.305 e. The summed E-state index contributed by atoms with van der Waals surface area (Å²) in [6.45, 7) is 3.96. The first kappa shape index (κ1) is 20.7. The third kappa shape index (κ3) is 5.06. The van der Waals surface area contributed by atoms with Crippen LogP contribution in [0.25, 0.3) is 31.3 Å². The van der Waals surface area contributed by atoms with Crippen LogP contribution in [0.4, 0.5) is 0 Å². The molecular formula is C15H19N9O2. The van der Waals surface area contributed by atoms with Crippen molar-refractivity contribution < 1.29 is 9.53 Å². The Morgan fingerprint density at radius 1 is 0.846 bits per heavy atom. The Kier molecular flexibility index (Phi) is 8.33. The van der Waals surface area contributed by atoms with Crippen LogP contribution in [-0.2, 0) is 35.6 Å². The van der Waals surface area contributed by atoms with E-state index < -0.39 is 0 Å². The minimum atomic E-state index is -0.372. The molecular weight excluding hydrogens is 338 g/mol. The molecule has 1 rings (SSSR count). The summed E-state index contributed by atoms with van der Waals surface area (Å²) in [6.07, 6.45) is 0.486. The van der Waals surface area contributed by atoms with Crippen molar-refractivity contribution in [1.82, 2.24) is 0 Å². The summed E-state index contributed by atoms with van der Waals surface area (Å²) in [5.74, 6) is -0.372. The molecule has 1 aromatic carbocycles. The molecule has 136 valence electrons. The zero-order valence-corrected chi connectivity index (χ0v) is 14.9. The second-order valence-corrected chi connectivity index (χ2v) is 5.41. The van der Waals surface area contributed by atoms with Crippen LogP contribution in [0.2, 0.25) is 0 Å². The van der Waals surface area contributed by atoms with Crippen molar-refractivity contribution in [1.29, 1.82) is 0 Å². The first-order chi connectivity index (χ1) is 12.5. The van der Waals surface area contributed by atoms with E-state index in [4.69, 9.17) is 21.3 Å². The predicted molar refractivity (Wildman–Crippen MR) is 94.8 cm³/mol. The minimum absolute atomic E-state index is 0.0751. The molecule has 11 nitrogen and oxygen atoms in total. The molecule has 0 fully saturated rings. The third-order valence-electron chi connectivity index (χ3n) is 4.22. The number of rotatable bonds is 9. The summed E-state index contributed by atoms with van der Waals surface area (Å²) in [7, 11) is 1.31. The molecule has 0 unspecified atom stereocenters. The van der Waals surface area contributed by atoms with Crippen LogP contribution < -0.4 is 0 Å². The van der Waals surface area contributed by atoms with E-state index in [2.05, 4.69) is 30.1 Å². The van der Waals surface area contributed by atoms with Gasteiger partial charge in [0.05, 0.1) is 26.7 Å². The molecule has 0 atom stereocenters. The Hall–Kier alpha value is -3.38. The number of carbonyl (C=O) groups excluding carboxylic acids is 1. The maximum absolute atomic E-state index is 11.6. The van der Waals surface area contributed by atoms with E-state index in [1.807, 2.05) is 13.8 Å². The molecule has 0 N–H and O–H groups in total. The Balaban J connectivity index is 3.66. The van der Waals surface area contributed by atoms with Crippen molar-refractivity contribution in [2.24, 2.45) is 15.3 Å². The molecule has 0 bridgehead atoms. The lowest BCUT2D eigenvalue weighted by Gasteiger charge is -2.22. The maximum Gasteiger partial charge on any atom is 0.305 e. The van der Waals surface area contributed by atoms with Crippen molar-refractivity contribution in [2.75, 3.05) is 7.11 Å². The highest BCUT2D eigenvalue weighted by molar-refractivity contribution is 5.70. The molecule has 0 saturated carbocycles. The first-order valence-electron chi connectivity index (χ1n) is 7.73. The van der Waals surface area contributed by atoms with Gasteiger partial charge in [-0.2, -0.15) is 0 Å². The fraction of sp³-hybridized carbons (Fsp3) is 0.533. The highest BCUT2D eigenvalue weighted by atomic mass is 16.5. The highest BCUT2D eigenvalue weighted by Crippen LogP contribution is 2.31. The van der Waals surface area contributed by atoms with E-state index in [9.17, 15) is 4.79 Å². The zero-order valence-electron chi connectivity index (χ0n) is 14.9. The predicted octanol–water partition coefficient (Wildman–Crippen LogP) is 4.84. The molecule has 0 aliphatic carbocycles. The monoisotopic (exact) mass is 357 g/mol. The highest BCUT2D eigenvalue weighted by Gasteiger charge is 2.19. The number of carbonyl (C=O) groups is 1. The maximum atomic E-state index is 11.6. The molecule has 0 aromatic heterocycles. The Morgan fingerprint density at radius 2 is 1.27 bits per heavy atom. The average molecular weight is 357 g/mol.